The number of hydrogen-bond acceptors (Lipinski definition) is 5. The molecule has 0 atom stereocenters. The van der Waals surface area contributed by atoms with Gasteiger partial charge in [-0.3, -0.25) is 14.5 Å². The fraction of sp³-hybridized carbons (Fsp3) is 0.238. The average molecular weight is 397 g/mol. The molecule has 0 unspecified atom stereocenters. The highest BCUT2D eigenvalue weighted by Gasteiger charge is 2.36. The Morgan fingerprint density at radius 2 is 1.72 bits per heavy atom. The number of para-hydroxylation sites is 1. The summed E-state index contributed by atoms with van der Waals surface area (Å²) in [6, 6.07) is 12.1. The summed E-state index contributed by atoms with van der Waals surface area (Å²) < 4.78 is 13.7. The molecule has 2 amide bonds. The van der Waals surface area contributed by atoms with Gasteiger partial charge in [0.1, 0.15) is 12.4 Å². The van der Waals surface area contributed by atoms with Gasteiger partial charge in [-0.25, -0.2) is 9.18 Å². The molecule has 0 saturated carbocycles. The minimum atomic E-state index is -1.02. The molecule has 0 spiro atoms. The number of hydrogen-bond donors (Lipinski definition) is 0. The van der Waals surface area contributed by atoms with Crippen LogP contribution in [0.1, 0.15) is 29.8 Å². The molecule has 7 nitrogen and oxygen atoms in total. The third-order valence-corrected chi connectivity index (χ3v) is 4.62. The van der Waals surface area contributed by atoms with Gasteiger partial charge in [0.15, 0.2) is 5.71 Å². The molecule has 2 aromatic rings. The highest BCUT2D eigenvalue weighted by atomic mass is 19.1. The first-order valence-corrected chi connectivity index (χ1v) is 9.20. The fourth-order valence-corrected chi connectivity index (χ4v) is 3.08. The van der Waals surface area contributed by atoms with Crippen molar-refractivity contribution in [1.29, 1.82) is 0 Å². The molecular weight excluding hydrogens is 377 g/mol. The first-order chi connectivity index (χ1) is 14.0. The van der Waals surface area contributed by atoms with E-state index in [1.165, 1.54) is 23.1 Å². The van der Waals surface area contributed by atoms with Gasteiger partial charge in [0.25, 0.3) is 5.91 Å². The van der Waals surface area contributed by atoms with Crippen LogP contribution in [0.5, 0.6) is 0 Å². The monoisotopic (exact) mass is 397 g/mol. The lowest BCUT2D eigenvalue weighted by molar-refractivity contribution is -0.130. The predicted molar refractivity (Wildman–Crippen MR) is 105 cm³/mol. The molecule has 1 heterocycles. The average Bonchev–Trinajstić information content (AvgIpc) is 2.99. The molecule has 1 aliphatic rings. The van der Waals surface area contributed by atoms with Gasteiger partial charge in [0.05, 0.1) is 11.3 Å². The van der Waals surface area contributed by atoms with Crippen LogP contribution >= 0.6 is 0 Å². The number of benzene rings is 2. The van der Waals surface area contributed by atoms with E-state index in [0.29, 0.717) is 24.3 Å². The summed E-state index contributed by atoms with van der Waals surface area (Å²) in [4.78, 5) is 45.2. The van der Waals surface area contributed by atoms with Gasteiger partial charge in [0.2, 0.25) is 5.91 Å². The third-order valence-electron chi connectivity index (χ3n) is 4.62. The summed E-state index contributed by atoms with van der Waals surface area (Å²) in [7, 11) is 0. The molecule has 0 saturated heterocycles. The zero-order valence-electron chi connectivity index (χ0n) is 16.1. The summed E-state index contributed by atoms with van der Waals surface area (Å²) in [5.74, 6) is -2.53. The Morgan fingerprint density at radius 1 is 1.07 bits per heavy atom. The third kappa shape index (κ3) is 4.01. The number of rotatable bonds is 6. The molecule has 150 valence electrons. The molecule has 1 aliphatic heterocycles. The number of amides is 2. The predicted octanol–water partition coefficient (Wildman–Crippen LogP) is 2.60. The Kier molecular flexibility index (Phi) is 6.01. The summed E-state index contributed by atoms with van der Waals surface area (Å²) in [6.45, 7) is 4.62. The number of halogens is 1. The van der Waals surface area contributed by atoms with Crippen LogP contribution in [0.15, 0.2) is 53.7 Å². The largest absolute Gasteiger partial charge is 0.368 e. The standard InChI is InChI=1S/C21H20FN3O4/c1-3-24(4-2)18(26)13-25-17-12-8-6-10-15(17)19(20(25)27)23-29-21(28)14-9-5-7-11-16(14)22/h5-12H,3-4,13H2,1-2H3/b23-19-. The Balaban J connectivity index is 1.86. The first kappa shape index (κ1) is 20.2. The molecule has 0 fully saturated rings. The van der Waals surface area contributed by atoms with Gasteiger partial charge in [-0.05, 0) is 32.0 Å². The van der Waals surface area contributed by atoms with Crippen molar-refractivity contribution in [2.45, 2.75) is 13.8 Å². The minimum absolute atomic E-state index is 0.113. The number of carbonyl (C=O) groups excluding carboxylic acids is 3. The highest BCUT2D eigenvalue weighted by molar-refractivity contribution is 6.54. The number of fused-ring (bicyclic) bond motifs is 1. The summed E-state index contributed by atoms with van der Waals surface area (Å²) in [5, 5.41) is 3.69. The number of likely N-dealkylation sites (N-methyl/N-ethyl adjacent to an activating group) is 1. The topological polar surface area (TPSA) is 79.3 Å². The van der Waals surface area contributed by atoms with Gasteiger partial charge in [-0.2, -0.15) is 0 Å². The van der Waals surface area contributed by atoms with Crippen molar-refractivity contribution < 1.29 is 23.6 Å². The van der Waals surface area contributed by atoms with E-state index in [1.807, 2.05) is 13.8 Å². The van der Waals surface area contributed by atoms with E-state index in [0.717, 1.165) is 6.07 Å². The zero-order chi connectivity index (χ0) is 21.0. The van der Waals surface area contributed by atoms with Crippen molar-refractivity contribution in [2.24, 2.45) is 5.16 Å². The van der Waals surface area contributed by atoms with Crippen LogP contribution in [0.4, 0.5) is 10.1 Å². The normalized spacial score (nSPS) is 14.1. The number of anilines is 1. The van der Waals surface area contributed by atoms with Crippen molar-refractivity contribution >= 4 is 29.2 Å². The molecule has 0 radical (unpaired) electrons. The van der Waals surface area contributed by atoms with Crippen LogP contribution < -0.4 is 4.90 Å². The lowest BCUT2D eigenvalue weighted by Crippen LogP contribution is -2.42. The second kappa shape index (κ2) is 8.64. The highest BCUT2D eigenvalue weighted by Crippen LogP contribution is 2.29. The van der Waals surface area contributed by atoms with Crippen molar-refractivity contribution in [3.8, 4) is 0 Å². The maximum atomic E-state index is 13.7. The Labute approximate surface area is 167 Å². The van der Waals surface area contributed by atoms with Crippen LogP contribution in [0.2, 0.25) is 0 Å². The number of nitrogens with zero attached hydrogens (tertiary/aromatic N) is 3. The van der Waals surface area contributed by atoms with Gasteiger partial charge >= 0.3 is 5.97 Å². The quantitative estimate of drug-likeness (QED) is 0.554. The van der Waals surface area contributed by atoms with Gasteiger partial charge in [0, 0.05) is 18.7 Å². The lowest BCUT2D eigenvalue weighted by Gasteiger charge is -2.23. The van der Waals surface area contributed by atoms with E-state index >= 15 is 0 Å². The molecule has 0 aromatic heterocycles. The minimum Gasteiger partial charge on any atom is -0.342 e. The van der Waals surface area contributed by atoms with Gasteiger partial charge in [-0.1, -0.05) is 35.5 Å². The van der Waals surface area contributed by atoms with Crippen LogP contribution in [-0.2, 0) is 14.4 Å². The summed E-state index contributed by atoms with van der Waals surface area (Å²) >= 11 is 0. The van der Waals surface area contributed by atoms with E-state index < -0.39 is 17.7 Å². The molecule has 0 N–H and O–H groups in total. The molecule has 8 heteroatoms. The number of oxime groups is 1. The molecule has 29 heavy (non-hydrogen) atoms. The molecule has 0 bridgehead atoms. The Hall–Kier alpha value is -3.55. The molecule has 3 rings (SSSR count). The second-order valence-electron chi connectivity index (χ2n) is 6.27. The number of carbonyl (C=O) groups is 3. The van der Waals surface area contributed by atoms with E-state index in [2.05, 4.69) is 5.16 Å². The fourth-order valence-electron chi connectivity index (χ4n) is 3.08. The lowest BCUT2D eigenvalue weighted by atomic mass is 10.1. The van der Waals surface area contributed by atoms with E-state index in [-0.39, 0.29) is 23.7 Å². The Morgan fingerprint density at radius 3 is 2.41 bits per heavy atom. The zero-order valence-corrected chi connectivity index (χ0v) is 16.1. The summed E-state index contributed by atoms with van der Waals surface area (Å²) in [5.41, 5.74) is 0.534. The van der Waals surface area contributed by atoms with E-state index in [9.17, 15) is 18.8 Å². The van der Waals surface area contributed by atoms with E-state index in [1.54, 1.807) is 29.2 Å². The van der Waals surface area contributed by atoms with Crippen LogP contribution in [-0.4, -0.2) is 48.0 Å². The smallest absolute Gasteiger partial charge is 0.342 e. The maximum absolute atomic E-state index is 13.7. The van der Waals surface area contributed by atoms with E-state index in [4.69, 9.17) is 4.84 Å². The van der Waals surface area contributed by atoms with Crippen LogP contribution in [0.25, 0.3) is 0 Å². The SMILES string of the molecule is CCN(CC)C(=O)CN1C(=O)/C(=N\OC(=O)c2ccccc2F)c2ccccc21. The van der Waals surface area contributed by atoms with Crippen molar-refractivity contribution in [1.82, 2.24) is 4.90 Å². The molecule has 0 aliphatic carbocycles. The van der Waals surface area contributed by atoms with Crippen LogP contribution in [0, 0.1) is 5.82 Å². The van der Waals surface area contributed by atoms with Gasteiger partial charge < -0.3 is 9.74 Å². The maximum Gasteiger partial charge on any atom is 0.368 e. The second-order valence-corrected chi connectivity index (χ2v) is 6.27. The first-order valence-electron chi connectivity index (χ1n) is 9.20. The molecule has 2 aromatic carbocycles. The molecular formula is C21H20FN3O4. The van der Waals surface area contributed by atoms with Crippen LogP contribution in [0.3, 0.4) is 0 Å². The van der Waals surface area contributed by atoms with Crippen molar-refractivity contribution in [3.63, 3.8) is 0 Å². The van der Waals surface area contributed by atoms with Crippen molar-refractivity contribution in [2.75, 3.05) is 24.5 Å². The summed E-state index contributed by atoms with van der Waals surface area (Å²) in [6.07, 6.45) is 0. The Bertz CT molecular complexity index is 985. The van der Waals surface area contributed by atoms with Gasteiger partial charge in [-0.15, -0.1) is 0 Å². The van der Waals surface area contributed by atoms with Crippen molar-refractivity contribution in [3.05, 3.63) is 65.5 Å².